The van der Waals surface area contributed by atoms with Gasteiger partial charge in [-0.25, -0.2) is 13.1 Å². The van der Waals surface area contributed by atoms with Crippen molar-refractivity contribution in [2.75, 3.05) is 0 Å². The third kappa shape index (κ3) is 2.98. The lowest BCUT2D eigenvalue weighted by Crippen LogP contribution is -2.26. The van der Waals surface area contributed by atoms with Gasteiger partial charge in [-0.3, -0.25) is 5.10 Å². The van der Waals surface area contributed by atoms with Crippen molar-refractivity contribution in [3.63, 3.8) is 0 Å². The predicted octanol–water partition coefficient (Wildman–Crippen LogP) is 2.21. The maximum Gasteiger partial charge on any atom is 0.244 e. The van der Waals surface area contributed by atoms with Gasteiger partial charge in [-0.2, -0.15) is 5.10 Å². The second-order valence-electron chi connectivity index (χ2n) is 3.83. The lowest BCUT2D eigenvalue weighted by Gasteiger charge is -2.13. The Morgan fingerprint density at radius 3 is 2.56 bits per heavy atom. The molecule has 0 bridgehead atoms. The molecule has 18 heavy (non-hydrogen) atoms. The first-order valence-electron chi connectivity index (χ1n) is 5.25. The summed E-state index contributed by atoms with van der Waals surface area (Å²) in [6, 6.07) is 7.17. The maximum atomic E-state index is 12.0. The second-order valence-corrected chi connectivity index (χ2v) is 6.46. The van der Waals surface area contributed by atoms with Crippen molar-refractivity contribution in [1.29, 1.82) is 0 Å². The largest absolute Gasteiger partial charge is 0.284 e. The van der Waals surface area contributed by atoms with Crippen LogP contribution >= 0.6 is 15.9 Å². The van der Waals surface area contributed by atoms with Crippen molar-refractivity contribution >= 4 is 26.0 Å². The standard InChI is InChI=1S/C11H12BrN3O2S/c1-8(9-2-4-10(12)5-3-9)15-18(16,17)11-6-13-14-7-11/h2-8,15H,1H3,(H,13,14)/t8-/m1/s1. The summed E-state index contributed by atoms with van der Waals surface area (Å²) in [4.78, 5) is 0.131. The number of sulfonamides is 1. The topological polar surface area (TPSA) is 74.8 Å². The number of nitrogens with one attached hydrogen (secondary N) is 2. The van der Waals surface area contributed by atoms with Crippen molar-refractivity contribution in [2.24, 2.45) is 0 Å². The van der Waals surface area contributed by atoms with E-state index in [1.165, 1.54) is 12.4 Å². The smallest absolute Gasteiger partial charge is 0.244 e. The number of hydrogen-bond acceptors (Lipinski definition) is 3. The van der Waals surface area contributed by atoms with E-state index in [0.29, 0.717) is 0 Å². The van der Waals surface area contributed by atoms with Crippen LogP contribution in [-0.2, 0) is 10.0 Å². The van der Waals surface area contributed by atoms with Crippen LogP contribution in [-0.4, -0.2) is 18.6 Å². The molecular formula is C11H12BrN3O2S. The van der Waals surface area contributed by atoms with Gasteiger partial charge in [0.25, 0.3) is 0 Å². The fourth-order valence-electron chi connectivity index (χ4n) is 1.51. The van der Waals surface area contributed by atoms with Crippen molar-refractivity contribution in [3.8, 4) is 0 Å². The molecular weight excluding hydrogens is 318 g/mol. The quantitative estimate of drug-likeness (QED) is 0.903. The maximum absolute atomic E-state index is 12.0. The van der Waals surface area contributed by atoms with Crippen LogP contribution < -0.4 is 4.72 Å². The Morgan fingerprint density at radius 2 is 2.00 bits per heavy atom. The molecule has 1 atom stereocenters. The molecule has 1 aromatic heterocycles. The molecule has 0 aliphatic heterocycles. The summed E-state index contributed by atoms with van der Waals surface area (Å²) in [5.74, 6) is 0. The summed E-state index contributed by atoms with van der Waals surface area (Å²) < 4.78 is 27.5. The Balaban J connectivity index is 2.17. The Hall–Kier alpha value is -1.18. The Kier molecular flexibility index (Phi) is 3.84. The van der Waals surface area contributed by atoms with Gasteiger partial charge in [0.15, 0.2) is 0 Å². The lowest BCUT2D eigenvalue weighted by atomic mass is 10.1. The van der Waals surface area contributed by atoms with Crippen LogP contribution in [0.3, 0.4) is 0 Å². The van der Waals surface area contributed by atoms with E-state index in [-0.39, 0.29) is 10.9 Å². The molecule has 1 aromatic carbocycles. The number of aromatic nitrogens is 2. The second kappa shape index (κ2) is 5.21. The summed E-state index contributed by atoms with van der Waals surface area (Å²) in [5, 5.41) is 6.11. The molecule has 0 aliphatic rings. The van der Waals surface area contributed by atoms with Crippen LogP contribution in [0.15, 0.2) is 46.0 Å². The zero-order chi connectivity index (χ0) is 13.2. The summed E-state index contributed by atoms with van der Waals surface area (Å²) >= 11 is 3.34. The van der Waals surface area contributed by atoms with Gasteiger partial charge < -0.3 is 0 Å². The van der Waals surface area contributed by atoms with E-state index in [2.05, 4.69) is 30.8 Å². The van der Waals surface area contributed by atoms with E-state index in [1.807, 2.05) is 24.3 Å². The van der Waals surface area contributed by atoms with Crippen LogP contribution in [0.2, 0.25) is 0 Å². The number of hydrogen-bond donors (Lipinski definition) is 2. The molecule has 5 nitrogen and oxygen atoms in total. The van der Waals surface area contributed by atoms with Gasteiger partial charge in [0.05, 0.1) is 6.20 Å². The number of H-pyrrole nitrogens is 1. The van der Waals surface area contributed by atoms with Crippen LogP contribution in [0.1, 0.15) is 18.5 Å². The van der Waals surface area contributed by atoms with Gasteiger partial charge in [-0.1, -0.05) is 28.1 Å². The molecule has 2 aromatic rings. The van der Waals surface area contributed by atoms with Gasteiger partial charge in [0, 0.05) is 16.7 Å². The Labute approximate surface area is 114 Å². The summed E-state index contributed by atoms with van der Waals surface area (Å²) in [7, 11) is -3.53. The van der Waals surface area contributed by atoms with Gasteiger partial charge in [-0.05, 0) is 24.6 Å². The van der Waals surface area contributed by atoms with Gasteiger partial charge in [0.2, 0.25) is 10.0 Å². The number of aromatic amines is 1. The molecule has 7 heteroatoms. The highest BCUT2D eigenvalue weighted by molar-refractivity contribution is 9.10. The molecule has 0 amide bonds. The number of halogens is 1. The lowest BCUT2D eigenvalue weighted by molar-refractivity contribution is 0.567. The first kappa shape index (κ1) is 13.3. The molecule has 0 radical (unpaired) electrons. The molecule has 96 valence electrons. The zero-order valence-corrected chi connectivity index (χ0v) is 12.0. The van der Waals surface area contributed by atoms with E-state index >= 15 is 0 Å². The number of rotatable bonds is 4. The highest BCUT2D eigenvalue weighted by atomic mass is 79.9. The van der Waals surface area contributed by atoms with Crippen LogP contribution in [0.25, 0.3) is 0 Å². The number of benzene rings is 1. The minimum atomic E-state index is -3.53. The van der Waals surface area contributed by atoms with Crippen molar-refractivity contribution in [1.82, 2.24) is 14.9 Å². The highest BCUT2D eigenvalue weighted by Gasteiger charge is 2.19. The van der Waals surface area contributed by atoms with E-state index in [0.717, 1.165) is 10.0 Å². The zero-order valence-electron chi connectivity index (χ0n) is 9.59. The SMILES string of the molecule is C[C@@H](NS(=O)(=O)c1cn[nH]c1)c1ccc(Br)cc1. The molecule has 0 spiro atoms. The average Bonchev–Trinajstić information content (AvgIpc) is 2.83. The first-order chi connectivity index (χ1) is 8.49. The average molecular weight is 330 g/mol. The molecule has 0 saturated carbocycles. The number of nitrogens with zero attached hydrogens (tertiary/aromatic N) is 1. The molecule has 2 N–H and O–H groups in total. The Morgan fingerprint density at radius 1 is 1.33 bits per heavy atom. The summed E-state index contributed by atoms with van der Waals surface area (Å²) in [6.45, 7) is 1.79. The molecule has 0 aliphatic carbocycles. The predicted molar refractivity (Wildman–Crippen MR) is 71.5 cm³/mol. The van der Waals surface area contributed by atoms with Crippen LogP contribution in [0.5, 0.6) is 0 Å². The van der Waals surface area contributed by atoms with Gasteiger partial charge >= 0.3 is 0 Å². The Bertz CT molecular complexity index is 608. The summed E-state index contributed by atoms with van der Waals surface area (Å²) in [6.07, 6.45) is 2.62. The minimum Gasteiger partial charge on any atom is -0.284 e. The van der Waals surface area contributed by atoms with E-state index < -0.39 is 10.0 Å². The summed E-state index contributed by atoms with van der Waals surface area (Å²) in [5.41, 5.74) is 0.894. The third-order valence-corrected chi connectivity index (χ3v) is 4.52. The molecule has 0 unspecified atom stereocenters. The third-order valence-electron chi connectivity index (χ3n) is 2.49. The van der Waals surface area contributed by atoms with Gasteiger partial charge in [-0.15, -0.1) is 0 Å². The van der Waals surface area contributed by atoms with E-state index in [1.54, 1.807) is 6.92 Å². The molecule has 0 fully saturated rings. The monoisotopic (exact) mass is 329 g/mol. The highest BCUT2D eigenvalue weighted by Crippen LogP contribution is 2.18. The van der Waals surface area contributed by atoms with Crippen molar-refractivity contribution in [3.05, 3.63) is 46.7 Å². The first-order valence-corrected chi connectivity index (χ1v) is 7.53. The van der Waals surface area contributed by atoms with Crippen molar-refractivity contribution in [2.45, 2.75) is 17.9 Å². The van der Waals surface area contributed by atoms with Crippen LogP contribution in [0, 0.1) is 0 Å². The van der Waals surface area contributed by atoms with Crippen molar-refractivity contribution < 1.29 is 8.42 Å². The van der Waals surface area contributed by atoms with Gasteiger partial charge in [0.1, 0.15) is 4.90 Å². The molecule has 1 heterocycles. The van der Waals surface area contributed by atoms with E-state index in [9.17, 15) is 8.42 Å². The fraction of sp³-hybridized carbons (Fsp3) is 0.182. The fourth-order valence-corrected chi connectivity index (χ4v) is 2.91. The molecule has 2 rings (SSSR count). The molecule has 0 saturated heterocycles. The normalized spacial score (nSPS) is 13.4. The minimum absolute atomic E-state index is 0.131. The van der Waals surface area contributed by atoms with E-state index in [4.69, 9.17) is 0 Å². The van der Waals surface area contributed by atoms with Crippen LogP contribution in [0.4, 0.5) is 0 Å².